The van der Waals surface area contributed by atoms with Gasteiger partial charge in [0.2, 0.25) is 0 Å². The monoisotopic (exact) mass is 209 g/mol. The smallest absolute Gasteiger partial charge is 0.141 e. The van der Waals surface area contributed by atoms with Crippen LogP contribution in [0.4, 0.5) is 10.2 Å². The van der Waals surface area contributed by atoms with Gasteiger partial charge in [0, 0.05) is 25.2 Å². The first-order chi connectivity index (χ1) is 7.15. The van der Waals surface area contributed by atoms with Crippen molar-refractivity contribution in [3.63, 3.8) is 0 Å². The van der Waals surface area contributed by atoms with Crippen molar-refractivity contribution in [1.29, 1.82) is 0 Å². The highest BCUT2D eigenvalue weighted by Gasteiger charge is 2.21. The quantitative estimate of drug-likeness (QED) is 0.758. The van der Waals surface area contributed by atoms with Gasteiger partial charge in [-0.05, 0) is 26.0 Å². The van der Waals surface area contributed by atoms with Gasteiger partial charge in [-0.3, -0.25) is 0 Å². The second-order valence-corrected chi connectivity index (χ2v) is 4.21. The van der Waals surface area contributed by atoms with Crippen molar-refractivity contribution in [2.75, 3.05) is 18.0 Å². The third kappa shape index (κ3) is 2.45. The molecule has 0 aromatic carbocycles. The minimum absolute atomic E-state index is 0.282. The van der Waals surface area contributed by atoms with Crippen molar-refractivity contribution < 1.29 is 4.39 Å². The molecule has 2 rings (SSSR count). The molecule has 2 atom stereocenters. The van der Waals surface area contributed by atoms with E-state index in [9.17, 15) is 4.39 Å². The minimum atomic E-state index is -0.282. The summed E-state index contributed by atoms with van der Waals surface area (Å²) in [6.45, 7) is 6.13. The predicted octanol–water partition coefficient (Wildman–Crippen LogP) is 1.41. The number of nitrogens with zero attached hydrogens (tertiary/aromatic N) is 2. The van der Waals surface area contributed by atoms with E-state index < -0.39 is 0 Å². The Hall–Kier alpha value is -1.16. The van der Waals surface area contributed by atoms with Crippen molar-refractivity contribution in [3.8, 4) is 0 Å². The molecule has 1 N–H and O–H groups in total. The van der Waals surface area contributed by atoms with E-state index in [1.807, 2.05) is 0 Å². The fraction of sp³-hybridized carbons (Fsp3) is 0.545. The zero-order chi connectivity index (χ0) is 10.8. The van der Waals surface area contributed by atoms with Gasteiger partial charge in [-0.15, -0.1) is 0 Å². The van der Waals surface area contributed by atoms with Gasteiger partial charge in [-0.2, -0.15) is 0 Å². The maximum Gasteiger partial charge on any atom is 0.141 e. The summed E-state index contributed by atoms with van der Waals surface area (Å²) in [5.41, 5.74) is 0. The summed E-state index contributed by atoms with van der Waals surface area (Å²) in [6.07, 6.45) is 1.27. The van der Waals surface area contributed by atoms with Crippen LogP contribution in [0.25, 0.3) is 0 Å². The highest BCUT2D eigenvalue weighted by atomic mass is 19.1. The largest absolute Gasteiger partial charge is 0.354 e. The Morgan fingerprint density at radius 1 is 1.33 bits per heavy atom. The fourth-order valence-corrected chi connectivity index (χ4v) is 2.07. The van der Waals surface area contributed by atoms with E-state index in [2.05, 4.69) is 29.0 Å². The lowest BCUT2D eigenvalue weighted by Crippen LogP contribution is -2.54. The summed E-state index contributed by atoms with van der Waals surface area (Å²) in [4.78, 5) is 6.28. The van der Waals surface area contributed by atoms with Crippen LogP contribution < -0.4 is 10.2 Å². The molecule has 2 heterocycles. The van der Waals surface area contributed by atoms with Gasteiger partial charge < -0.3 is 10.2 Å². The van der Waals surface area contributed by atoms with Crippen LogP contribution in [0.3, 0.4) is 0 Å². The van der Waals surface area contributed by atoms with Gasteiger partial charge in [0.25, 0.3) is 0 Å². The maximum atomic E-state index is 12.7. The summed E-state index contributed by atoms with van der Waals surface area (Å²) in [5.74, 6) is 0.576. The van der Waals surface area contributed by atoms with Gasteiger partial charge in [0.1, 0.15) is 11.6 Å². The van der Waals surface area contributed by atoms with Crippen molar-refractivity contribution in [3.05, 3.63) is 24.1 Å². The summed E-state index contributed by atoms with van der Waals surface area (Å²) in [5, 5.41) is 3.45. The van der Waals surface area contributed by atoms with Crippen LogP contribution in [0.5, 0.6) is 0 Å². The number of aromatic nitrogens is 1. The lowest BCUT2D eigenvalue weighted by atomic mass is 10.1. The van der Waals surface area contributed by atoms with Crippen molar-refractivity contribution in [2.24, 2.45) is 0 Å². The lowest BCUT2D eigenvalue weighted by Gasteiger charge is -2.36. The van der Waals surface area contributed by atoms with E-state index in [1.165, 1.54) is 12.3 Å². The Labute approximate surface area is 89.3 Å². The van der Waals surface area contributed by atoms with Gasteiger partial charge >= 0.3 is 0 Å². The van der Waals surface area contributed by atoms with E-state index in [0.29, 0.717) is 12.1 Å². The van der Waals surface area contributed by atoms with E-state index in [-0.39, 0.29) is 5.82 Å². The molecule has 2 unspecified atom stereocenters. The average Bonchev–Trinajstić information content (AvgIpc) is 2.17. The Kier molecular flexibility index (Phi) is 2.86. The molecule has 15 heavy (non-hydrogen) atoms. The highest BCUT2D eigenvalue weighted by molar-refractivity contribution is 5.39. The standard InChI is InChI=1S/C11H16FN3/c1-8-6-15(7-9(2)14-8)11-4-3-10(12)5-13-11/h3-5,8-9,14H,6-7H2,1-2H3. The molecule has 4 heteroatoms. The first-order valence-corrected chi connectivity index (χ1v) is 5.27. The van der Waals surface area contributed by atoms with Crippen LogP contribution in [-0.2, 0) is 0 Å². The van der Waals surface area contributed by atoms with E-state index in [0.717, 1.165) is 18.9 Å². The molecule has 3 nitrogen and oxygen atoms in total. The Morgan fingerprint density at radius 3 is 2.53 bits per heavy atom. The fourth-order valence-electron chi connectivity index (χ4n) is 2.07. The maximum absolute atomic E-state index is 12.7. The van der Waals surface area contributed by atoms with Crippen LogP contribution in [0.15, 0.2) is 18.3 Å². The molecule has 0 aliphatic carbocycles. The molecule has 1 aromatic rings. The molecule has 82 valence electrons. The predicted molar refractivity (Wildman–Crippen MR) is 58.5 cm³/mol. The second kappa shape index (κ2) is 4.14. The first kappa shape index (κ1) is 10.4. The molecule has 0 bridgehead atoms. The van der Waals surface area contributed by atoms with Crippen molar-refractivity contribution in [2.45, 2.75) is 25.9 Å². The van der Waals surface area contributed by atoms with Crippen LogP contribution in [0.1, 0.15) is 13.8 Å². The third-order valence-electron chi connectivity index (χ3n) is 2.59. The first-order valence-electron chi connectivity index (χ1n) is 5.27. The normalized spacial score (nSPS) is 26.7. The van der Waals surface area contributed by atoms with Crippen LogP contribution >= 0.6 is 0 Å². The molecule has 1 aliphatic heterocycles. The molecule has 0 saturated carbocycles. The van der Waals surface area contributed by atoms with Crippen LogP contribution in [-0.4, -0.2) is 30.2 Å². The molecule has 0 radical (unpaired) electrons. The molecule has 0 spiro atoms. The Balaban J connectivity index is 2.12. The van der Waals surface area contributed by atoms with Gasteiger partial charge in [-0.1, -0.05) is 0 Å². The second-order valence-electron chi connectivity index (χ2n) is 4.21. The van der Waals surface area contributed by atoms with E-state index in [4.69, 9.17) is 0 Å². The molecule has 1 fully saturated rings. The minimum Gasteiger partial charge on any atom is -0.354 e. The van der Waals surface area contributed by atoms with Crippen molar-refractivity contribution >= 4 is 5.82 Å². The summed E-state index contributed by atoms with van der Waals surface area (Å²) >= 11 is 0. The number of hydrogen-bond donors (Lipinski definition) is 1. The van der Waals surface area contributed by atoms with E-state index >= 15 is 0 Å². The number of rotatable bonds is 1. The molecule has 0 amide bonds. The topological polar surface area (TPSA) is 28.2 Å². The zero-order valence-corrected chi connectivity index (χ0v) is 9.07. The SMILES string of the molecule is CC1CN(c2ccc(F)cn2)CC(C)N1. The molecular weight excluding hydrogens is 193 g/mol. The van der Waals surface area contributed by atoms with Gasteiger partial charge in [0.05, 0.1) is 6.20 Å². The molecule has 1 aliphatic rings. The number of nitrogens with one attached hydrogen (secondary N) is 1. The Bertz CT molecular complexity index is 315. The van der Waals surface area contributed by atoms with Gasteiger partial charge in [-0.25, -0.2) is 9.37 Å². The van der Waals surface area contributed by atoms with Crippen molar-refractivity contribution in [1.82, 2.24) is 10.3 Å². The van der Waals surface area contributed by atoms with Gasteiger partial charge in [0.15, 0.2) is 0 Å². The average molecular weight is 209 g/mol. The lowest BCUT2D eigenvalue weighted by molar-refractivity contribution is 0.405. The van der Waals surface area contributed by atoms with E-state index in [1.54, 1.807) is 6.07 Å². The highest BCUT2D eigenvalue weighted by Crippen LogP contribution is 2.14. The molecular formula is C11H16FN3. The molecule has 1 aromatic heterocycles. The zero-order valence-electron chi connectivity index (χ0n) is 9.07. The third-order valence-corrected chi connectivity index (χ3v) is 2.59. The summed E-state index contributed by atoms with van der Waals surface area (Å²) < 4.78 is 12.7. The van der Waals surface area contributed by atoms with Crippen LogP contribution in [0.2, 0.25) is 0 Å². The summed E-state index contributed by atoms with van der Waals surface area (Å²) in [6, 6.07) is 4.08. The number of pyridine rings is 1. The number of piperazine rings is 1. The van der Waals surface area contributed by atoms with Crippen LogP contribution in [0, 0.1) is 5.82 Å². The summed E-state index contributed by atoms with van der Waals surface area (Å²) in [7, 11) is 0. The number of anilines is 1. The molecule has 1 saturated heterocycles. The Morgan fingerprint density at radius 2 is 2.00 bits per heavy atom. The number of halogens is 1. The number of hydrogen-bond acceptors (Lipinski definition) is 3.